The van der Waals surface area contributed by atoms with E-state index in [0.29, 0.717) is 35.5 Å². The molecule has 4 atom stereocenters. The van der Waals surface area contributed by atoms with E-state index in [0.717, 1.165) is 12.8 Å². The summed E-state index contributed by atoms with van der Waals surface area (Å²) in [5.74, 6) is 3.27. The summed E-state index contributed by atoms with van der Waals surface area (Å²) in [6.07, 6.45) is 13.5. The number of benzene rings is 2. The second-order valence-corrected chi connectivity index (χ2v) is 13.3. The monoisotopic (exact) mass is 512 g/mol. The van der Waals surface area contributed by atoms with Crippen LogP contribution in [0.25, 0.3) is 5.57 Å². The maximum atomic E-state index is 2.57. The lowest BCUT2D eigenvalue weighted by molar-refractivity contribution is 0.149. The fraction of sp³-hybridized carbons (Fsp3) is 0.579. The molecule has 2 aromatic rings. The van der Waals surface area contributed by atoms with Gasteiger partial charge in [0, 0.05) is 11.3 Å². The van der Waals surface area contributed by atoms with E-state index < -0.39 is 0 Å². The van der Waals surface area contributed by atoms with Gasteiger partial charge in [0.25, 0.3) is 0 Å². The van der Waals surface area contributed by atoms with Crippen molar-refractivity contribution in [3.63, 3.8) is 0 Å². The van der Waals surface area contributed by atoms with Gasteiger partial charge in [-0.3, -0.25) is 0 Å². The first-order valence-corrected chi connectivity index (χ1v) is 15.7. The Morgan fingerprint density at radius 2 is 1.47 bits per heavy atom. The van der Waals surface area contributed by atoms with Gasteiger partial charge in [0.15, 0.2) is 0 Å². The topological polar surface area (TPSA) is 0 Å². The molecule has 0 heteroatoms. The first-order chi connectivity index (χ1) is 18.1. The van der Waals surface area contributed by atoms with Crippen LogP contribution in [0.1, 0.15) is 128 Å². The van der Waals surface area contributed by atoms with E-state index in [-0.39, 0.29) is 5.41 Å². The lowest BCUT2D eigenvalue weighted by atomic mass is 9.51. The minimum Gasteiger partial charge on any atom is -0.0761 e. The molecule has 0 heterocycles. The van der Waals surface area contributed by atoms with Gasteiger partial charge in [0.05, 0.1) is 0 Å². The van der Waals surface area contributed by atoms with Crippen LogP contribution >= 0.6 is 0 Å². The Morgan fingerprint density at radius 3 is 2.08 bits per heavy atom. The second-order valence-electron chi connectivity index (χ2n) is 13.3. The Morgan fingerprint density at radius 1 is 0.789 bits per heavy atom. The first kappa shape index (κ1) is 30.5. The highest BCUT2D eigenvalue weighted by Gasteiger charge is 2.50. The van der Waals surface area contributed by atoms with Crippen LogP contribution in [0.3, 0.4) is 0 Å². The summed E-state index contributed by atoms with van der Waals surface area (Å²) in [5, 5.41) is 0. The van der Waals surface area contributed by atoms with Crippen molar-refractivity contribution in [1.29, 1.82) is 0 Å². The van der Waals surface area contributed by atoms with Crippen LogP contribution < -0.4 is 0 Å². The summed E-state index contributed by atoms with van der Waals surface area (Å²) >= 11 is 0. The SMILES string of the molecule is CCCC(C)Cc1ccccc1C1=CC=CC(c2c(CC(C)C)cccc2C(C)C)C1(C(C)C)C(C)CC. The van der Waals surface area contributed by atoms with Crippen LogP contribution in [0.2, 0.25) is 0 Å². The minimum atomic E-state index is 0.0321. The number of hydrogen-bond donors (Lipinski definition) is 0. The molecule has 0 saturated heterocycles. The van der Waals surface area contributed by atoms with Crippen LogP contribution in [0.15, 0.2) is 60.7 Å². The summed E-state index contributed by atoms with van der Waals surface area (Å²) in [7, 11) is 0. The molecule has 0 saturated carbocycles. The van der Waals surface area contributed by atoms with E-state index in [1.165, 1.54) is 36.0 Å². The maximum absolute atomic E-state index is 2.57. The number of rotatable bonds is 12. The van der Waals surface area contributed by atoms with Crippen molar-refractivity contribution in [2.75, 3.05) is 0 Å². The van der Waals surface area contributed by atoms with E-state index in [2.05, 4.69) is 130 Å². The summed E-state index contributed by atoms with van der Waals surface area (Å²) < 4.78 is 0. The lowest BCUT2D eigenvalue weighted by Gasteiger charge is -2.52. The Balaban J connectivity index is 2.33. The molecule has 0 spiro atoms. The van der Waals surface area contributed by atoms with Crippen LogP contribution in [0, 0.1) is 29.1 Å². The Kier molecular flexibility index (Phi) is 10.7. The van der Waals surface area contributed by atoms with Gasteiger partial charge in [0.1, 0.15) is 0 Å². The van der Waals surface area contributed by atoms with Gasteiger partial charge in [-0.2, -0.15) is 0 Å². The van der Waals surface area contributed by atoms with E-state index in [1.807, 2.05) is 0 Å². The summed E-state index contributed by atoms with van der Waals surface area (Å²) in [6, 6.07) is 16.5. The van der Waals surface area contributed by atoms with E-state index in [4.69, 9.17) is 0 Å². The molecular formula is C38H56. The second kappa shape index (κ2) is 13.3. The van der Waals surface area contributed by atoms with E-state index in [1.54, 1.807) is 16.7 Å². The van der Waals surface area contributed by atoms with Crippen molar-refractivity contribution in [3.05, 3.63) is 88.5 Å². The third kappa shape index (κ3) is 6.05. The average Bonchev–Trinajstić information content (AvgIpc) is 2.87. The van der Waals surface area contributed by atoms with Gasteiger partial charge in [-0.05, 0) is 75.8 Å². The molecule has 0 N–H and O–H groups in total. The first-order valence-electron chi connectivity index (χ1n) is 15.7. The molecule has 0 radical (unpaired) electrons. The van der Waals surface area contributed by atoms with Crippen LogP contribution in [0.5, 0.6) is 0 Å². The molecule has 0 aliphatic heterocycles. The number of allylic oxidation sites excluding steroid dienone is 4. The molecule has 1 aliphatic rings. The molecular weight excluding hydrogens is 456 g/mol. The quantitative estimate of drug-likeness (QED) is 0.265. The van der Waals surface area contributed by atoms with Gasteiger partial charge in [-0.15, -0.1) is 0 Å². The lowest BCUT2D eigenvalue weighted by Crippen LogP contribution is -2.43. The van der Waals surface area contributed by atoms with Gasteiger partial charge in [-0.25, -0.2) is 0 Å². The normalized spacial score (nSPS) is 21.3. The smallest absolute Gasteiger partial charge is 0.0129 e. The molecule has 4 unspecified atom stereocenters. The van der Waals surface area contributed by atoms with Crippen LogP contribution in [-0.4, -0.2) is 0 Å². The van der Waals surface area contributed by atoms with E-state index >= 15 is 0 Å². The standard InChI is InChI=1S/C38H56/c1-11-17-29(9)25-31-18-13-14-20-34(31)35-22-16-23-36(38(35,28(7)8)30(10)12-2)37-32(24-26(3)4)19-15-21-33(37)27(5)6/h13-16,18-23,26-30,36H,11-12,17,24-25H2,1-10H3. The Bertz CT molecular complexity index is 1090. The minimum absolute atomic E-state index is 0.0321. The summed E-state index contributed by atoms with van der Waals surface area (Å²) in [6.45, 7) is 24.2. The molecule has 2 aromatic carbocycles. The molecule has 1 aliphatic carbocycles. The van der Waals surface area contributed by atoms with Crippen molar-refractivity contribution >= 4 is 5.57 Å². The number of hydrogen-bond acceptors (Lipinski definition) is 0. The Labute approximate surface area is 236 Å². The third-order valence-corrected chi connectivity index (χ3v) is 9.38. The molecule has 208 valence electrons. The molecule has 0 nitrogen and oxygen atoms in total. The van der Waals surface area contributed by atoms with Crippen molar-refractivity contribution in [2.45, 2.75) is 113 Å². The van der Waals surface area contributed by atoms with Crippen LogP contribution in [0.4, 0.5) is 0 Å². The summed E-state index contributed by atoms with van der Waals surface area (Å²) in [4.78, 5) is 0. The zero-order valence-corrected chi connectivity index (χ0v) is 26.3. The highest BCUT2D eigenvalue weighted by molar-refractivity contribution is 5.78. The highest BCUT2D eigenvalue weighted by Crippen LogP contribution is 2.61. The van der Waals surface area contributed by atoms with Gasteiger partial charge in [0.2, 0.25) is 0 Å². The predicted octanol–water partition coefficient (Wildman–Crippen LogP) is 11.4. The molecule has 0 amide bonds. The molecule has 3 rings (SSSR count). The third-order valence-electron chi connectivity index (χ3n) is 9.38. The average molecular weight is 513 g/mol. The van der Waals surface area contributed by atoms with Gasteiger partial charge >= 0.3 is 0 Å². The fourth-order valence-electron chi connectivity index (χ4n) is 7.61. The molecule has 38 heavy (non-hydrogen) atoms. The Hall–Kier alpha value is -2.08. The van der Waals surface area contributed by atoms with Crippen LogP contribution in [-0.2, 0) is 12.8 Å². The summed E-state index contributed by atoms with van der Waals surface area (Å²) in [5.41, 5.74) is 9.33. The molecule has 0 fully saturated rings. The van der Waals surface area contributed by atoms with Gasteiger partial charge in [-0.1, -0.05) is 149 Å². The fourth-order valence-corrected chi connectivity index (χ4v) is 7.61. The molecule has 0 bridgehead atoms. The van der Waals surface area contributed by atoms with E-state index in [9.17, 15) is 0 Å². The molecule has 0 aromatic heterocycles. The zero-order chi connectivity index (χ0) is 28.0. The largest absolute Gasteiger partial charge is 0.0761 e. The van der Waals surface area contributed by atoms with Crippen molar-refractivity contribution in [1.82, 2.24) is 0 Å². The highest BCUT2D eigenvalue weighted by atomic mass is 14.5. The van der Waals surface area contributed by atoms with Gasteiger partial charge < -0.3 is 0 Å². The zero-order valence-electron chi connectivity index (χ0n) is 26.3. The maximum Gasteiger partial charge on any atom is 0.0129 e. The predicted molar refractivity (Wildman–Crippen MR) is 170 cm³/mol. The van der Waals surface area contributed by atoms with Crippen molar-refractivity contribution in [3.8, 4) is 0 Å². The van der Waals surface area contributed by atoms with Crippen molar-refractivity contribution in [2.24, 2.45) is 29.1 Å². The van der Waals surface area contributed by atoms with Crippen molar-refractivity contribution < 1.29 is 0 Å².